The maximum absolute atomic E-state index is 13.5. The summed E-state index contributed by atoms with van der Waals surface area (Å²) in [6, 6.07) is 12.3. The highest BCUT2D eigenvalue weighted by atomic mass is 19.1. The number of carbonyl (C=O) groups is 1. The molecule has 0 atom stereocenters. The van der Waals surface area contributed by atoms with Crippen molar-refractivity contribution in [2.75, 3.05) is 6.61 Å². The summed E-state index contributed by atoms with van der Waals surface area (Å²) in [5.41, 5.74) is 5.62. The Kier molecular flexibility index (Phi) is 6.40. The van der Waals surface area contributed by atoms with Crippen molar-refractivity contribution in [3.8, 4) is 16.9 Å². The molecule has 30 heavy (non-hydrogen) atoms. The van der Waals surface area contributed by atoms with Crippen molar-refractivity contribution >= 4 is 5.97 Å². The van der Waals surface area contributed by atoms with E-state index < -0.39 is 5.97 Å². The number of aromatic nitrogens is 2. The summed E-state index contributed by atoms with van der Waals surface area (Å²) in [4.78, 5) is 12.9. The molecule has 2 aromatic carbocycles. The number of hydrogen-bond donors (Lipinski definition) is 0. The second kappa shape index (κ2) is 8.82. The second-order valence-corrected chi connectivity index (χ2v) is 8.04. The topological polar surface area (TPSA) is 44.1 Å². The minimum Gasteiger partial charge on any atom is -0.462 e. The molecule has 0 saturated carbocycles. The molecule has 0 unspecified atom stereocenters. The van der Waals surface area contributed by atoms with E-state index in [1.54, 1.807) is 19.1 Å². The maximum Gasteiger partial charge on any atom is 0.342 e. The van der Waals surface area contributed by atoms with Crippen molar-refractivity contribution in [3.63, 3.8) is 0 Å². The first kappa shape index (κ1) is 21.8. The zero-order chi connectivity index (χ0) is 22.0. The molecule has 0 aliphatic heterocycles. The van der Waals surface area contributed by atoms with Gasteiger partial charge in [-0.1, -0.05) is 45.9 Å². The third kappa shape index (κ3) is 4.02. The molecule has 0 bridgehead atoms. The summed E-state index contributed by atoms with van der Waals surface area (Å²) in [6.07, 6.45) is 0. The van der Waals surface area contributed by atoms with Crippen LogP contribution in [0.1, 0.15) is 73.6 Å². The fraction of sp³-hybridized carbons (Fsp3) is 0.360. The van der Waals surface area contributed by atoms with E-state index in [0.29, 0.717) is 22.5 Å². The molecule has 0 fully saturated rings. The molecule has 0 radical (unpaired) electrons. The van der Waals surface area contributed by atoms with Crippen molar-refractivity contribution in [2.45, 2.75) is 53.4 Å². The van der Waals surface area contributed by atoms with Crippen molar-refractivity contribution in [1.82, 2.24) is 9.78 Å². The van der Waals surface area contributed by atoms with Gasteiger partial charge in [0.2, 0.25) is 0 Å². The minimum absolute atomic E-state index is 0.270. The number of para-hydroxylation sites is 1. The molecule has 3 aromatic rings. The van der Waals surface area contributed by atoms with Gasteiger partial charge >= 0.3 is 5.97 Å². The van der Waals surface area contributed by atoms with E-state index in [2.05, 4.69) is 45.9 Å². The number of esters is 1. The van der Waals surface area contributed by atoms with Gasteiger partial charge in [0.1, 0.15) is 17.1 Å². The van der Waals surface area contributed by atoms with Gasteiger partial charge in [-0.15, -0.1) is 0 Å². The highest BCUT2D eigenvalue weighted by Gasteiger charge is 2.27. The van der Waals surface area contributed by atoms with Crippen molar-refractivity contribution in [3.05, 3.63) is 70.7 Å². The third-order valence-electron chi connectivity index (χ3n) is 5.27. The molecule has 3 rings (SSSR count). The summed E-state index contributed by atoms with van der Waals surface area (Å²) < 4.78 is 20.7. The fourth-order valence-corrected chi connectivity index (χ4v) is 3.73. The number of carbonyl (C=O) groups excluding carboxylic acids is 1. The average molecular weight is 409 g/mol. The molecule has 4 nitrogen and oxygen atoms in total. The molecular formula is C25H29FN2O2. The lowest BCUT2D eigenvalue weighted by atomic mass is 9.92. The molecule has 5 heteroatoms. The molecule has 158 valence electrons. The monoisotopic (exact) mass is 408 g/mol. The molecule has 0 spiro atoms. The number of hydrogen-bond acceptors (Lipinski definition) is 3. The van der Waals surface area contributed by atoms with E-state index in [-0.39, 0.29) is 24.3 Å². The Morgan fingerprint density at radius 3 is 2.10 bits per heavy atom. The van der Waals surface area contributed by atoms with E-state index in [1.807, 2.05) is 11.6 Å². The summed E-state index contributed by atoms with van der Waals surface area (Å²) in [5, 5.41) is 4.86. The Morgan fingerprint density at radius 1 is 1.03 bits per heavy atom. The van der Waals surface area contributed by atoms with Gasteiger partial charge < -0.3 is 4.74 Å². The summed E-state index contributed by atoms with van der Waals surface area (Å²) in [7, 11) is 0. The van der Waals surface area contributed by atoms with E-state index >= 15 is 0 Å². The fourth-order valence-electron chi connectivity index (χ4n) is 3.73. The average Bonchev–Trinajstić information content (AvgIpc) is 3.04. The van der Waals surface area contributed by atoms with Crippen molar-refractivity contribution in [2.24, 2.45) is 0 Å². The van der Waals surface area contributed by atoms with Crippen LogP contribution in [0.3, 0.4) is 0 Å². The molecular weight excluding hydrogens is 379 g/mol. The standard InChI is InChI=1S/C25H29FN2O2/c1-7-30-25(29)22-17(6)28(27-23(22)18-11-13-19(26)14-12-18)24-20(15(2)3)9-8-10-21(24)16(4)5/h8-16H,7H2,1-6H3. The van der Waals surface area contributed by atoms with Crippen LogP contribution in [0.25, 0.3) is 16.9 Å². The molecule has 0 amide bonds. The molecule has 0 saturated heterocycles. The van der Waals surface area contributed by atoms with Gasteiger partial charge in [-0.25, -0.2) is 13.9 Å². The van der Waals surface area contributed by atoms with E-state index in [4.69, 9.17) is 9.84 Å². The quantitative estimate of drug-likeness (QED) is 0.443. The first-order valence-electron chi connectivity index (χ1n) is 10.4. The number of nitrogens with zero attached hydrogens (tertiary/aromatic N) is 2. The summed E-state index contributed by atoms with van der Waals surface area (Å²) >= 11 is 0. The van der Waals surface area contributed by atoms with E-state index in [1.165, 1.54) is 12.1 Å². The highest BCUT2D eigenvalue weighted by molar-refractivity contribution is 5.97. The Morgan fingerprint density at radius 2 is 1.60 bits per heavy atom. The first-order valence-corrected chi connectivity index (χ1v) is 10.4. The van der Waals surface area contributed by atoms with Crippen LogP contribution in [0.15, 0.2) is 42.5 Å². The lowest BCUT2D eigenvalue weighted by Crippen LogP contribution is -2.11. The van der Waals surface area contributed by atoms with Crippen LogP contribution in [0.5, 0.6) is 0 Å². The predicted molar refractivity (Wildman–Crippen MR) is 118 cm³/mol. The number of ether oxygens (including phenoxy) is 1. The van der Waals surface area contributed by atoms with Gasteiger partial charge in [0.05, 0.1) is 18.0 Å². The highest BCUT2D eigenvalue weighted by Crippen LogP contribution is 2.35. The third-order valence-corrected chi connectivity index (χ3v) is 5.27. The Hall–Kier alpha value is -2.95. The lowest BCUT2D eigenvalue weighted by Gasteiger charge is -2.20. The van der Waals surface area contributed by atoms with Crippen molar-refractivity contribution < 1.29 is 13.9 Å². The summed E-state index contributed by atoms with van der Waals surface area (Å²) in [5.74, 6) is -0.196. The normalized spacial score (nSPS) is 11.4. The molecule has 0 aliphatic carbocycles. The number of benzene rings is 2. The largest absolute Gasteiger partial charge is 0.462 e. The van der Waals surface area contributed by atoms with Gasteiger partial charge in [-0.2, -0.15) is 5.10 Å². The zero-order valence-corrected chi connectivity index (χ0v) is 18.5. The second-order valence-electron chi connectivity index (χ2n) is 8.04. The van der Waals surface area contributed by atoms with Crippen molar-refractivity contribution in [1.29, 1.82) is 0 Å². The SMILES string of the molecule is CCOC(=O)c1c(-c2ccc(F)cc2)nn(-c2c(C(C)C)cccc2C(C)C)c1C. The van der Waals surface area contributed by atoms with E-state index in [9.17, 15) is 9.18 Å². The van der Waals surface area contributed by atoms with Crippen LogP contribution in [-0.4, -0.2) is 22.4 Å². The lowest BCUT2D eigenvalue weighted by molar-refractivity contribution is 0.0526. The number of halogens is 1. The minimum atomic E-state index is -0.423. The maximum atomic E-state index is 13.5. The molecule has 0 aliphatic rings. The zero-order valence-electron chi connectivity index (χ0n) is 18.5. The predicted octanol–water partition coefficient (Wildman–Crippen LogP) is 6.41. The van der Waals surface area contributed by atoms with Crippen LogP contribution in [0, 0.1) is 12.7 Å². The summed E-state index contributed by atoms with van der Waals surface area (Å²) in [6.45, 7) is 12.5. The van der Waals surface area contributed by atoms with Gasteiger partial charge in [-0.3, -0.25) is 0 Å². The van der Waals surface area contributed by atoms with Gasteiger partial charge in [0.25, 0.3) is 0 Å². The molecule has 1 heterocycles. The Balaban J connectivity index is 2.34. The van der Waals surface area contributed by atoms with Crippen LogP contribution in [-0.2, 0) is 4.74 Å². The van der Waals surface area contributed by atoms with Gasteiger partial charge in [-0.05, 0) is 61.1 Å². The van der Waals surface area contributed by atoms with Crippen LogP contribution in [0.2, 0.25) is 0 Å². The van der Waals surface area contributed by atoms with Crippen LogP contribution < -0.4 is 0 Å². The first-order chi connectivity index (χ1) is 14.3. The van der Waals surface area contributed by atoms with E-state index in [0.717, 1.165) is 16.8 Å². The number of rotatable bonds is 6. The van der Waals surface area contributed by atoms with Crippen LogP contribution >= 0.6 is 0 Å². The smallest absolute Gasteiger partial charge is 0.342 e. The Bertz CT molecular complexity index is 1020. The van der Waals surface area contributed by atoms with Crippen LogP contribution in [0.4, 0.5) is 4.39 Å². The molecule has 1 aromatic heterocycles. The van der Waals surface area contributed by atoms with Gasteiger partial charge in [0.15, 0.2) is 0 Å². The molecule has 0 N–H and O–H groups in total. The Labute approximate surface area is 177 Å². The van der Waals surface area contributed by atoms with Gasteiger partial charge in [0, 0.05) is 5.56 Å².